The maximum Gasteiger partial charge on any atom is 0.218 e. The molecule has 0 bridgehead atoms. The third-order valence-corrected chi connectivity index (χ3v) is 6.35. The van der Waals surface area contributed by atoms with Crippen LogP contribution in [0.1, 0.15) is 33.7 Å². The van der Waals surface area contributed by atoms with Crippen LogP contribution >= 0.6 is 0 Å². The van der Waals surface area contributed by atoms with E-state index < -0.39 is 5.92 Å². The van der Waals surface area contributed by atoms with E-state index in [-0.39, 0.29) is 11.0 Å². The third-order valence-electron chi connectivity index (χ3n) is 6.35. The van der Waals surface area contributed by atoms with Crippen LogP contribution in [0.25, 0.3) is 28.0 Å². The number of rotatable bonds is 2. The van der Waals surface area contributed by atoms with Gasteiger partial charge in [-0.1, -0.05) is 65.7 Å². The monoisotopic (exact) mass is 446 g/mol. The predicted octanol–water partition coefficient (Wildman–Crippen LogP) is 6.54. The molecule has 2 N–H and O–H groups in total. The number of allylic oxidation sites excluding steroid dienone is 1. The van der Waals surface area contributed by atoms with Crippen LogP contribution in [0.3, 0.4) is 0 Å². The van der Waals surface area contributed by atoms with Gasteiger partial charge in [0.25, 0.3) is 0 Å². The van der Waals surface area contributed by atoms with Crippen molar-refractivity contribution in [3.8, 4) is 0 Å². The second-order valence-electron chi connectivity index (χ2n) is 8.77. The third kappa shape index (κ3) is 3.17. The maximum absolute atomic E-state index is 13.8. The fourth-order valence-electron chi connectivity index (χ4n) is 4.70. The van der Waals surface area contributed by atoms with E-state index >= 15 is 0 Å². The van der Waals surface area contributed by atoms with Gasteiger partial charge in [-0.2, -0.15) is 0 Å². The zero-order valence-corrected chi connectivity index (χ0v) is 18.8. The first-order valence-electron chi connectivity index (χ1n) is 11.2. The number of fused-ring (bicyclic) bond motifs is 5. The molecule has 0 fully saturated rings. The lowest BCUT2D eigenvalue weighted by molar-refractivity contribution is 0.519. The molecule has 34 heavy (non-hydrogen) atoms. The van der Waals surface area contributed by atoms with Crippen LogP contribution in [-0.2, 0) is 0 Å². The quantitative estimate of drug-likeness (QED) is 0.323. The summed E-state index contributed by atoms with van der Waals surface area (Å²) >= 11 is 0. The number of benzene rings is 3. The van der Waals surface area contributed by atoms with Crippen molar-refractivity contribution in [1.29, 1.82) is 5.41 Å². The zero-order valence-electron chi connectivity index (χ0n) is 18.8. The molecule has 3 aromatic carbocycles. The molecule has 0 saturated heterocycles. The van der Waals surface area contributed by atoms with Crippen molar-refractivity contribution in [2.75, 3.05) is 5.32 Å². The molecule has 0 radical (unpaired) electrons. The Balaban J connectivity index is 1.68. The van der Waals surface area contributed by atoms with Gasteiger partial charge in [-0.05, 0) is 43.7 Å². The van der Waals surface area contributed by atoms with Crippen LogP contribution in [-0.4, -0.2) is 0 Å². The average molecular weight is 447 g/mol. The molecule has 166 valence electrons. The summed E-state index contributed by atoms with van der Waals surface area (Å²) in [5.41, 5.74) is 5.95. The van der Waals surface area contributed by atoms with Gasteiger partial charge in [-0.15, -0.1) is 0 Å². The predicted molar refractivity (Wildman–Crippen MR) is 135 cm³/mol. The van der Waals surface area contributed by atoms with Gasteiger partial charge in [0.2, 0.25) is 11.4 Å². The van der Waals surface area contributed by atoms with Gasteiger partial charge < -0.3 is 14.2 Å². The largest absolute Gasteiger partial charge is 0.440 e. The summed E-state index contributed by atoms with van der Waals surface area (Å²) < 4.78 is 12.2. The van der Waals surface area contributed by atoms with E-state index in [2.05, 4.69) is 5.32 Å². The van der Waals surface area contributed by atoms with Crippen molar-refractivity contribution in [2.45, 2.75) is 19.8 Å². The minimum Gasteiger partial charge on any atom is -0.440 e. The molecule has 1 aliphatic rings. The second kappa shape index (κ2) is 7.59. The van der Waals surface area contributed by atoms with Crippen LogP contribution in [0.4, 0.5) is 11.6 Å². The Labute approximate surface area is 195 Å². The van der Waals surface area contributed by atoms with Crippen molar-refractivity contribution >= 4 is 39.6 Å². The Morgan fingerprint density at radius 2 is 1.53 bits per heavy atom. The molecule has 5 nitrogen and oxygen atoms in total. The van der Waals surface area contributed by atoms with Gasteiger partial charge >= 0.3 is 0 Å². The highest BCUT2D eigenvalue weighted by Gasteiger charge is 2.33. The van der Waals surface area contributed by atoms with E-state index in [0.717, 1.165) is 27.8 Å². The van der Waals surface area contributed by atoms with Crippen molar-refractivity contribution in [3.05, 3.63) is 116 Å². The van der Waals surface area contributed by atoms with Crippen molar-refractivity contribution in [2.24, 2.45) is 0 Å². The highest BCUT2D eigenvalue weighted by atomic mass is 16.4. The number of aryl methyl sites for hydroxylation is 2. The SMILES string of the molecule is Cc1ccc2oc(=N)c3c(c2c1)Nc1oc2ccc(C)cc2c(=O)c1C3/C=C/c1ccccc1. The fraction of sp³-hybridized carbons (Fsp3) is 0.103. The first-order chi connectivity index (χ1) is 16.5. The van der Waals surface area contributed by atoms with E-state index in [1.165, 1.54) is 0 Å². The average Bonchev–Trinajstić information content (AvgIpc) is 2.84. The molecule has 1 unspecified atom stereocenters. The van der Waals surface area contributed by atoms with Gasteiger partial charge in [0.05, 0.1) is 22.2 Å². The first-order valence-corrected chi connectivity index (χ1v) is 11.2. The number of hydrogen-bond acceptors (Lipinski definition) is 5. The van der Waals surface area contributed by atoms with Crippen molar-refractivity contribution in [3.63, 3.8) is 0 Å². The second-order valence-corrected chi connectivity index (χ2v) is 8.77. The Morgan fingerprint density at radius 1 is 0.853 bits per heavy atom. The van der Waals surface area contributed by atoms with E-state index in [0.29, 0.717) is 33.6 Å². The lowest BCUT2D eigenvalue weighted by atomic mass is 9.86. The highest BCUT2D eigenvalue weighted by molar-refractivity contribution is 5.96. The Kier molecular flexibility index (Phi) is 4.52. The molecule has 0 amide bonds. The molecule has 0 aliphatic carbocycles. The number of nitrogens with one attached hydrogen (secondary N) is 2. The standard InChI is InChI=1S/C29H22N2O3/c1-16-8-12-22-20(14-16)26-24(28(30)33-22)19(11-10-18-6-4-3-5-7-18)25-27(32)21-15-17(2)9-13-23(21)34-29(25)31-26/h3-15,19,30-31H,1-2H3/b11-10+,30-28?. The minimum atomic E-state index is -0.506. The van der Waals surface area contributed by atoms with Crippen LogP contribution in [0, 0.1) is 19.3 Å². The lowest BCUT2D eigenvalue weighted by Gasteiger charge is -2.26. The van der Waals surface area contributed by atoms with Gasteiger partial charge in [-0.25, -0.2) is 0 Å². The summed E-state index contributed by atoms with van der Waals surface area (Å²) in [7, 11) is 0. The molecule has 5 aromatic rings. The Bertz CT molecular complexity index is 1740. The summed E-state index contributed by atoms with van der Waals surface area (Å²) in [6.45, 7) is 3.97. The summed E-state index contributed by atoms with van der Waals surface area (Å²) in [6, 6.07) is 21.4. The van der Waals surface area contributed by atoms with Crippen molar-refractivity contribution < 1.29 is 8.83 Å². The van der Waals surface area contributed by atoms with Crippen LogP contribution in [0.15, 0.2) is 86.4 Å². The summed E-state index contributed by atoms with van der Waals surface area (Å²) in [5, 5.41) is 13.5. The number of anilines is 2. The van der Waals surface area contributed by atoms with Crippen molar-refractivity contribution in [1.82, 2.24) is 0 Å². The summed E-state index contributed by atoms with van der Waals surface area (Å²) in [5.74, 6) is -0.0984. The molecule has 5 heteroatoms. The minimum absolute atomic E-state index is 0.0240. The molecule has 1 aliphatic heterocycles. The van der Waals surface area contributed by atoms with Gasteiger partial charge in [0.1, 0.15) is 11.2 Å². The van der Waals surface area contributed by atoms with Gasteiger partial charge in [0.15, 0.2) is 5.43 Å². The van der Waals surface area contributed by atoms with Gasteiger partial charge in [0, 0.05) is 11.3 Å². The van der Waals surface area contributed by atoms with Crippen LogP contribution in [0.2, 0.25) is 0 Å². The van der Waals surface area contributed by atoms with E-state index in [9.17, 15) is 4.79 Å². The maximum atomic E-state index is 13.8. The normalized spacial score (nSPS) is 14.8. The number of hydrogen-bond donors (Lipinski definition) is 2. The van der Waals surface area contributed by atoms with Crippen LogP contribution < -0.4 is 16.3 Å². The molecule has 0 spiro atoms. The molecule has 3 heterocycles. The molecule has 0 saturated carbocycles. The Morgan fingerprint density at radius 3 is 2.26 bits per heavy atom. The fourth-order valence-corrected chi connectivity index (χ4v) is 4.70. The topological polar surface area (TPSA) is 79.2 Å². The highest BCUT2D eigenvalue weighted by Crippen LogP contribution is 2.43. The summed E-state index contributed by atoms with van der Waals surface area (Å²) in [6.07, 6.45) is 3.94. The molecular formula is C29H22N2O3. The van der Waals surface area contributed by atoms with Gasteiger partial charge in [-0.3, -0.25) is 10.2 Å². The lowest BCUT2D eigenvalue weighted by Crippen LogP contribution is -2.26. The molecule has 2 aromatic heterocycles. The van der Waals surface area contributed by atoms with E-state index in [4.69, 9.17) is 14.2 Å². The first kappa shape index (κ1) is 20.2. The molecular weight excluding hydrogens is 424 g/mol. The molecule has 1 atom stereocenters. The zero-order chi connectivity index (χ0) is 23.4. The smallest absolute Gasteiger partial charge is 0.218 e. The van der Waals surface area contributed by atoms with E-state index in [1.54, 1.807) is 0 Å². The van der Waals surface area contributed by atoms with Crippen LogP contribution in [0.5, 0.6) is 0 Å². The van der Waals surface area contributed by atoms with E-state index in [1.807, 2.05) is 92.7 Å². The molecule has 6 rings (SSSR count). The summed E-state index contributed by atoms with van der Waals surface area (Å²) in [4.78, 5) is 13.8. The Hall–Kier alpha value is -4.38.